The molecule has 0 spiro atoms. The van der Waals surface area contributed by atoms with E-state index in [4.69, 9.17) is 4.42 Å². The van der Waals surface area contributed by atoms with Crippen molar-refractivity contribution in [2.24, 2.45) is 0 Å². The van der Waals surface area contributed by atoms with Crippen LogP contribution in [0, 0.1) is 13.8 Å². The Hall–Kier alpha value is -5.60. The van der Waals surface area contributed by atoms with Gasteiger partial charge in [0.25, 0.3) is 0 Å². The second-order valence-corrected chi connectivity index (χ2v) is 14.5. The number of hydrogen-bond donors (Lipinski definition) is 0. The van der Waals surface area contributed by atoms with E-state index in [1.807, 2.05) is 12.1 Å². The highest BCUT2D eigenvalue weighted by Gasteiger charge is 2.22. The quantitative estimate of drug-likeness (QED) is 0.159. The third-order valence-corrected chi connectivity index (χ3v) is 9.83. The molecule has 0 unspecified atom stereocenters. The van der Waals surface area contributed by atoms with Crippen LogP contribution in [-0.2, 0) is 5.41 Å². The fourth-order valence-corrected chi connectivity index (χ4v) is 7.02. The first-order valence-electron chi connectivity index (χ1n) is 17.5. The van der Waals surface area contributed by atoms with Crippen molar-refractivity contribution >= 4 is 38.9 Å². The summed E-state index contributed by atoms with van der Waals surface area (Å²) in [6.45, 7) is 15.7. The van der Waals surface area contributed by atoms with Gasteiger partial charge in [0.05, 0.1) is 0 Å². The van der Waals surface area contributed by atoms with Gasteiger partial charge in [-0.05, 0) is 126 Å². The van der Waals surface area contributed by atoms with Gasteiger partial charge < -0.3 is 9.32 Å². The van der Waals surface area contributed by atoms with Crippen LogP contribution in [0.4, 0.5) is 11.4 Å². The van der Waals surface area contributed by atoms with Crippen molar-refractivity contribution in [3.8, 4) is 22.3 Å². The minimum absolute atomic E-state index is 0.0656. The number of benzene rings is 6. The minimum Gasteiger partial charge on any atom is -0.456 e. The fraction of sp³-hybridized carbons (Fsp3) is 0.167. The summed E-state index contributed by atoms with van der Waals surface area (Å²) in [5, 5.41) is 2.26. The lowest BCUT2D eigenvalue weighted by molar-refractivity contribution is 0.592. The predicted octanol–water partition coefficient (Wildman–Crippen LogP) is 14.0. The number of furan rings is 1. The Morgan fingerprint density at radius 2 is 1.22 bits per heavy atom. The van der Waals surface area contributed by atoms with E-state index in [-0.39, 0.29) is 5.41 Å². The largest absolute Gasteiger partial charge is 0.456 e. The molecule has 0 aliphatic rings. The zero-order valence-electron chi connectivity index (χ0n) is 30.2. The molecule has 7 rings (SSSR count). The van der Waals surface area contributed by atoms with E-state index in [1.165, 1.54) is 50.1 Å². The van der Waals surface area contributed by atoms with E-state index in [0.29, 0.717) is 0 Å². The lowest BCUT2D eigenvalue weighted by Gasteiger charge is -2.30. The molecule has 0 radical (unpaired) electrons. The molecule has 0 atom stereocenters. The van der Waals surface area contributed by atoms with Crippen molar-refractivity contribution < 1.29 is 4.42 Å². The second kappa shape index (κ2) is 13.4. The third kappa shape index (κ3) is 6.42. The molecule has 6 aromatic carbocycles. The van der Waals surface area contributed by atoms with Crippen molar-refractivity contribution in [2.75, 3.05) is 4.90 Å². The summed E-state index contributed by atoms with van der Waals surface area (Å²) >= 11 is 0. The number of fused-ring (bicyclic) bond motifs is 3. The van der Waals surface area contributed by atoms with Gasteiger partial charge in [-0.1, -0.05) is 118 Å². The van der Waals surface area contributed by atoms with Gasteiger partial charge in [0.15, 0.2) is 0 Å². The number of allylic oxidation sites excluding steroid dienone is 4. The normalized spacial score (nSPS) is 12.5. The van der Waals surface area contributed by atoms with Crippen LogP contribution in [0.1, 0.15) is 56.9 Å². The molecule has 0 aliphatic carbocycles. The highest BCUT2D eigenvalue weighted by Crippen LogP contribution is 2.41. The van der Waals surface area contributed by atoms with Crippen molar-refractivity contribution in [2.45, 2.75) is 53.9 Å². The molecule has 0 aliphatic heterocycles. The highest BCUT2D eigenvalue weighted by molar-refractivity contribution is 6.06. The number of para-hydroxylation sites is 1. The summed E-state index contributed by atoms with van der Waals surface area (Å²) in [6, 6.07) is 47.9. The minimum atomic E-state index is -0.0656. The summed E-state index contributed by atoms with van der Waals surface area (Å²) in [7, 11) is 0. The maximum absolute atomic E-state index is 6.38. The Balaban J connectivity index is 1.35. The van der Waals surface area contributed by atoms with Crippen LogP contribution in [0.2, 0.25) is 0 Å². The highest BCUT2D eigenvalue weighted by atomic mass is 16.3. The average molecular weight is 652 g/mol. The summed E-state index contributed by atoms with van der Waals surface area (Å²) in [5.41, 5.74) is 16.4. The van der Waals surface area contributed by atoms with Gasteiger partial charge in [0.1, 0.15) is 11.2 Å². The molecule has 1 heterocycles. The van der Waals surface area contributed by atoms with Crippen LogP contribution < -0.4 is 4.90 Å². The molecule has 248 valence electrons. The maximum Gasteiger partial charge on any atom is 0.137 e. The van der Waals surface area contributed by atoms with E-state index < -0.39 is 0 Å². The summed E-state index contributed by atoms with van der Waals surface area (Å²) in [4.78, 5) is 2.36. The van der Waals surface area contributed by atoms with Gasteiger partial charge in [-0.15, -0.1) is 0 Å². The molecule has 0 amide bonds. The molecule has 2 heteroatoms. The Morgan fingerprint density at radius 1 is 0.560 bits per heavy atom. The Morgan fingerprint density at radius 3 is 2.00 bits per heavy atom. The van der Waals surface area contributed by atoms with Crippen LogP contribution in [0.5, 0.6) is 0 Å². The van der Waals surface area contributed by atoms with Crippen molar-refractivity contribution in [1.29, 1.82) is 0 Å². The lowest BCUT2D eigenvalue weighted by Crippen LogP contribution is -2.18. The smallest absolute Gasteiger partial charge is 0.137 e. The van der Waals surface area contributed by atoms with Crippen LogP contribution >= 0.6 is 0 Å². The average Bonchev–Trinajstić information content (AvgIpc) is 3.49. The molecular weight excluding hydrogens is 607 g/mol. The van der Waals surface area contributed by atoms with Gasteiger partial charge in [0, 0.05) is 33.9 Å². The van der Waals surface area contributed by atoms with Gasteiger partial charge >= 0.3 is 0 Å². The molecule has 0 saturated heterocycles. The van der Waals surface area contributed by atoms with E-state index in [9.17, 15) is 0 Å². The molecule has 0 saturated carbocycles. The monoisotopic (exact) mass is 651 g/mol. The molecule has 1 aromatic heterocycles. The predicted molar refractivity (Wildman–Crippen MR) is 215 cm³/mol. The van der Waals surface area contributed by atoms with E-state index in [0.717, 1.165) is 39.0 Å². The van der Waals surface area contributed by atoms with Crippen LogP contribution in [0.25, 0.3) is 49.8 Å². The second-order valence-electron chi connectivity index (χ2n) is 14.5. The van der Waals surface area contributed by atoms with Crippen molar-refractivity contribution in [1.82, 2.24) is 0 Å². The van der Waals surface area contributed by atoms with Crippen molar-refractivity contribution in [3.63, 3.8) is 0 Å². The SMILES string of the molecule is C/C(=C\C=C(/C)N(c1ccc(-c2ccccc2)c(C(C)(C)C)c1)c1ccc2c(c1)oc1ccccc12)c1ccc(C)c(-c2ccccc2C)c1. The van der Waals surface area contributed by atoms with Gasteiger partial charge in [-0.3, -0.25) is 0 Å². The van der Waals surface area contributed by atoms with E-state index in [2.05, 4.69) is 187 Å². The Labute approximate surface area is 297 Å². The van der Waals surface area contributed by atoms with Crippen molar-refractivity contribution in [3.05, 3.63) is 174 Å². The summed E-state index contributed by atoms with van der Waals surface area (Å²) < 4.78 is 6.38. The zero-order chi connectivity index (χ0) is 35.0. The number of aryl methyl sites for hydroxylation is 2. The molecular formula is C48H45NO. The lowest BCUT2D eigenvalue weighted by atomic mass is 9.81. The molecule has 2 nitrogen and oxygen atoms in total. The Bertz CT molecular complexity index is 2400. The number of nitrogens with zero attached hydrogens (tertiary/aromatic N) is 1. The molecule has 0 fully saturated rings. The zero-order valence-corrected chi connectivity index (χ0v) is 30.2. The topological polar surface area (TPSA) is 16.4 Å². The molecule has 0 N–H and O–H groups in total. The maximum atomic E-state index is 6.38. The summed E-state index contributed by atoms with van der Waals surface area (Å²) in [6.07, 6.45) is 4.49. The van der Waals surface area contributed by atoms with Crippen LogP contribution in [0.3, 0.4) is 0 Å². The standard InChI is InChI=1S/C48H45NO/c1-32(37-24-22-34(3)44(29-37)40-18-12-11-15-33(40)2)21-23-35(4)49(39-26-28-43-42-19-13-14-20-46(42)50-47(43)31-39)38-25-27-41(36-16-9-8-10-17-36)45(30-38)48(5,6)7/h8-31H,1-7H3/b32-21+,35-23+. The molecule has 0 bridgehead atoms. The van der Waals surface area contributed by atoms with Gasteiger partial charge in [0.2, 0.25) is 0 Å². The van der Waals surface area contributed by atoms with E-state index >= 15 is 0 Å². The summed E-state index contributed by atoms with van der Waals surface area (Å²) in [5.74, 6) is 0. The number of anilines is 2. The van der Waals surface area contributed by atoms with Gasteiger partial charge in [-0.25, -0.2) is 0 Å². The fourth-order valence-electron chi connectivity index (χ4n) is 7.02. The Kier molecular flexibility index (Phi) is 8.80. The third-order valence-electron chi connectivity index (χ3n) is 9.83. The first kappa shape index (κ1) is 32.9. The number of rotatable bonds is 7. The van der Waals surface area contributed by atoms with Crippen LogP contribution in [-0.4, -0.2) is 0 Å². The number of hydrogen-bond acceptors (Lipinski definition) is 2. The first-order chi connectivity index (χ1) is 24.1. The molecule has 50 heavy (non-hydrogen) atoms. The van der Waals surface area contributed by atoms with E-state index in [1.54, 1.807) is 0 Å². The van der Waals surface area contributed by atoms with Gasteiger partial charge in [-0.2, -0.15) is 0 Å². The van der Waals surface area contributed by atoms with Crippen LogP contribution in [0.15, 0.2) is 156 Å². The first-order valence-corrected chi connectivity index (χ1v) is 17.5. The molecule has 7 aromatic rings.